The van der Waals surface area contributed by atoms with Crippen LogP contribution in [0.25, 0.3) is 0 Å². The van der Waals surface area contributed by atoms with Crippen molar-refractivity contribution in [3.63, 3.8) is 0 Å². The zero-order chi connectivity index (χ0) is 6.53. The summed E-state index contributed by atoms with van der Waals surface area (Å²) in [5, 5.41) is 1.38. The van der Waals surface area contributed by atoms with Crippen LogP contribution in [0.1, 0.15) is 13.3 Å². The molecule has 1 aromatic rings. The Morgan fingerprint density at radius 2 is 2.00 bits per heavy atom. The molecule has 9 heavy (non-hydrogen) atoms. The first-order valence-corrected chi connectivity index (χ1v) is 5.14. The average molecular weight is 210 g/mol. The first kappa shape index (κ1) is 7.02. The fourth-order valence-electron chi connectivity index (χ4n) is 0.554. The van der Waals surface area contributed by atoms with Gasteiger partial charge < -0.3 is 0 Å². The van der Waals surface area contributed by atoms with Crippen molar-refractivity contribution in [1.82, 2.24) is 3.31 Å². The van der Waals surface area contributed by atoms with Gasteiger partial charge in [0.2, 0.25) is 0 Å². The third-order valence-electron chi connectivity index (χ3n) is 0.946. The summed E-state index contributed by atoms with van der Waals surface area (Å²) in [6, 6.07) is 4.18. The minimum atomic E-state index is 0.443. The van der Waals surface area contributed by atoms with Gasteiger partial charge >= 0.3 is 63.6 Å². The van der Waals surface area contributed by atoms with Gasteiger partial charge in [0.15, 0.2) is 0 Å². The maximum absolute atomic E-state index is 2.30. The molecule has 0 aliphatic rings. The Kier molecular flexibility index (Phi) is 2.99. The molecule has 0 aromatic carbocycles. The van der Waals surface area contributed by atoms with E-state index in [4.69, 9.17) is 0 Å². The summed E-state index contributed by atoms with van der Waals surface area (Å²) in [4.78, 5) is 0. The summed E-state index contributed by atoms with van der Waals surface area (Å²) in [7, 11) is 0. The molecule has 52 valence electrons. The molecule has 1 rings (SSSR count). The second-order valence-corrected chi connectivity index (χ2v) is 4.12. The fraction of sp³-hybridized carbons (Fsp3) is 0.429. The normalized spacial score (nSPS) is 10.3. The van der Waals surface area contributed by atoms with Gasteiger partial charge in [-0.25, -0.2) is 0 Å². The molecule has 0 aliphatic carbocycles. The molecular formula is C7H11NRu. The van der Waals surface area contributed by atoms with E-state index in [-0.39, 0.29) is 0 Å². The van der Waals surface area contributed by atoms with E-state index >= 15 is 0 Å². The number of aromatic nitrogens is 1. The zero-order valence-corrected chi connectivity index (χ0v) is 7.26. The summed E-state index contributed by atoms with van der Waals surface area (Å²) in [5.41, 5.74) is 0. The molecule has 1 heterocycles. The van der Waals surface area contributed by atoms with Crippen molar-refractivity contribution in [2.45, 2.75) is 18.4 Å². The van der Waals surface area contributed by atoms with Gasteiger partial charge in [-0.2, -0.15) is 0 Å². The van der Waals surface area contributed by atoms with Gasteiger partial charge in [0.25, 0.3) is 0 Å². The summed E-state index contributed by atoms with van der Waals surface area (Å²) < 4.78 is 2.30. The van der Waals surface area contributed by atoms with Crippen LogP contribution in [0.15, 0.2) is 24.5 Å². The Labute approximate surface area is 63.9 Å². The molecule has 1 nitrogen and oxygen atoms in total. The molecule has 0 amide bonds. The topological polar surface area (TPSA) is 4.93 Å². The van der Waals surface area contributed by atoms with E-state index in [0.29, 0.717) is 17.4 Å². The van der Waals surface area contributed by atoms with E-state index in [1.165, 1.54) is 11.4 Å². The Morgan fingerprint density at radius 3 is 2.56 bits per heavy atom. The second-order valence-electron chi connectivity index (χ2n) is 1.80. The van der Waals surface area contributed by atoms with Gasteiger partial charge in [-0.3, -0.25) is 0 Å². The van der Waals surface area contributed by atoms with Crippen molar-refractivity contribution in [2.24, 2.45) is 0 Å². The van der Waals surface area contributed by atoms with Crippen LogP contribution >= 0.6 is 0 Å². The predicted octanol–water partition coefficient (Wildman–Crippen LogP) is 2.16. The average Bonchev–Trinajstić information content (AvgIpc) is 2.34. The van der Waals surface area contributed by atoms with Gasteiger partial charge in [0.1, 0.15) is 0 Å². The molecule has 0 N–H and O–H groups in total. The van der Waals surface area contributed by atoms with Crippen LogP contribution in [-0.4, -0.2) is 3.31 Å². The monoisotopic (exact) mass is 211 g/mol. The summed E-state index contributed by atoms with van der Waals surface area (Å²) in [6.45, 7) is 2.23. The second kappa shape index (κ2) is 3.84. The molecule has 0 radical (unpaired) electrons. The first-order valence-electron chi connectivity index (χ1n) is 3.13. The number of hydrogen-bond acceptors (Lipinski definition) is 0. The van der Waals surface area contributed by atoms with Crippen molar-refractivity contribution in [2.75, 3.05) is 0 Å². The van der Waals surface area contributed by atoms with Crippen molar-refractivity contribution >= 4 is 0 Å². The van der Waals surface area contributed by atoms with E-state index in [0.717, 1.165) is 0 Å². The molecule has 0 bridgehead atoms. The van der Waals surface area contributed by atoms with Crippen LogP contribution in [0.2, 0.25) is 5.02 Å². The van der Waals surface area contributed by atoms with E-state index < -0.39 is 0 Å². The molecule has 0 aliphatic heterocycles. The molecular weight excluding hydrogens is 199 g/mol. The standard InChI is InChI=1S/C4H4N.C3H7.Ru/c1-2-4-5-3-1;1-3-2;/h1-4H;1,3H2,2H3;/q-1;;+1. The fourth-order valence-corrected chi connectivity index (χ4v) is 2.06. The van der Waals surface area contributed by atoms with Gasteiger partial charge in [0.05, 0.1) is 0 Å². The van der Waals surface area contributed by atoms with Crippen molar-refractivity contribution in [3.8, 4) is 0 Å². The van der Waals surface area contributed by atoms with Crippen molar-refractivity contribution in [1.29, 1.82) is 0 Å². The van der Waals surface area contributed by atoms with Crippen LogP contribution in [0.3, 0.4) is 0 Å². The van der Waals surface area contributed by atoms with Crippen LogP contribution < -0.4 is 0 Å². The minimum absolute atomic E-state index is 0.443. The van der Waals surface area contributed by atoms with E-state index in [1.807, 2.05) is 0 Å². The number of rotatable bonds is 3. The summed E-state index contributed by atoms with van der Waals surface area (Å²) in [6.07, 6.45) is 5.61. The van der Waals surface area contributed by atoms with E-state index in [9.17, 15) is 0 Å². The van der Waals surface area contributed by atoms with Crippen LogP contribution in [0.5, 0.6) is 0 Å². The maximum atomic E-state index is 2.30. The van der Waals surface area contributed by atoms with Gasteiger partial charge in [-0.1, -0.05) is 0 Å². The summed E-state index contributed by atoms with van der Waals surface area (Å²) in [5.74, 6) is 0. The Balaban J connectivity index is 2.30. The van der Waals surface area contributed by atoms with Gasteiger partial charge in [-0.15, -0.1) is 0 Å². The van der Waals surface area contributed by atoms with E-state index in [1.54, 1.807) is 0 Å². The van der Waals surface area contributed by atoms with Crippen molar-refractivity contribution in [3.05, 3.63) is 24.5 Å². The van der Waals surface area contributed by atoms with Crippen molar-refractivity contribution < 1.29 is 17.4 Å². The third kappa shape index (κ3) is 2.32. The van der Waals surface area contributed by atoms with Gasteiger partial charge in [0, 0.05) is 0 Å². The molecule has 0 fully saturated rings. The zero-order valence-electron chi connectivity index (χ0n) is 5.52. The molecule has 0 spiro atoms. The molecule has 1 aromatic heterocycles. The summed E-state index contributed by atoms with van der Waals surface area (Å²) >= 11 is 0.443. The number of hydrogen-bond donors (Lipinski definition) is 0. The van der Waals surface area contributed by atoms with Gasteiger partial charge in [-0.05, 0) is 0 Å². The quantitative estimate of drug-likeness (QED) is 0.674. The van der Waals surface area contributed by atoms with Crippen LogP contribution in [0.4, 0.5) is 0 Å². The molecule has 0 atom stereocenters. The third-order valence-corrected chi connectivity index (χ3v) is 3.36. The van der Waals surface area contributed by atoms with Crippen LogP contribution in [0, 0.1) is 0 Å². The molecule has 0 unspecified atom stereocenters. The van der Waals surface area contributed by atoms with E-state index in [2.05, 4.69) is 34.8 Å². The number of nitrogens with zero attached hydrogens (tertiary/aromatic N) is 1. The first-order chi connectivity index (χ1) is 4.43. The molecule has 2 heteroatoms. The Hall–Kier alpha value is -0.0966. The predicted molar refractivity (Wildman–Crippen MR) is 34.9 cm³/mol. The molecule has 0 saturated carbocycles. The SMILES string of the molecule is CC[CH2][Ru][n]1cccc1. The molecule has 0 saturated heterocycles. The van der Waals surface area contributed by atoms with Crippen LogP contribution in [-0.2, 0) is 17.4 Å². The Bertz CT molecular complexity index is 146. The Morgan fingerprint density at radius 1 is 1.33 bits per heavy atom.